The van der Waals surface area contributed by atoms with E-state index in [9.17, 15) is 4.79 Å². The maximum atomic E-state index is 12.8. The lowest BCUT2D eigenvalue weighted by atomic mass is 10.0. The van der Waals surface area contributed by atoms with Crippen molar-refractivity contribution in [3.8, 4) is 11.1 Å². The van der Waals surface area contributed by atoms with Gasteiger partial charge in [-0.1, -0.05) is 37.3 Å². The summed E-state index contributed by atoms with van der Waals surface area (Å²) >= 11 is 1.58. The standard InChI is InChI=1S/C20H26N2O2S/c1-4-20(2,3)21-18(23)17-14-16(15-8-6-5-7-9-15)19(25-17)22-10-12-24-13-11-22/h5-9,14H,4,10-13H2,1-3H3,(H,21,23). The summed E-state index contributed by atoms with van der Waals surface area (Å²) in [6.45, 7) is 9.39. The van der Waals surface area contributed by atoms with Crippen molar-refractivity contribution in [3.05, 3.63) is 41.3 Å². The van der Waals surface area contributed by atoms with Crippen LogP contribution in [0.4, 0.5) is 5.00 Å². The number of benzene rings is 1. The van der Waals surface area contributed by atoms with E-state index in [-0.39, 0.29) is 11.4 Å². The van der Waals surface area contributed by atoms with Crippen molar-refractivity contribution in [3.63, 3.8) is 0 Å². The Labute approximate surface area is 153 Å². The summed E-state index contributed by atoms with van der Waals surface area (Å²) in [6.07, 6.45) is 0.895. The van der Waals surface area contributed by atoms with Crippen LogP contribution in [0.5, 0.6) is 0 Å². The molecule has 2 heterocycles. The van der Waals surface area contributed by atoms with Gasteiger partial charge in [-0.2, -0.15) is 0 Å². The van der Waals surface area contributed by atoms with Crippen molar-refractivity contribution in [1.82, 2.24) is 5.32 Å². The minimum atomic E-state index is -0.201. The van der Waals surface area contributed by atoms with Crippen molar-refractivity contribution < 1.29 is 9.53 Å². The van der Waals surface area contributed by atoms with Crippen LogP contribution in [0.2, 0.25) is 0 Å². The first-order chi connectivity index (χ1) is 12.0. The lowest BCUT2D eigenvalue weighted by Crippen LogP contribution is -2.42. The molecule has 1 saturated heterocycles. The summed E-state index contributed by atoms with van der Waals surface area (Å²) in [6, 6.07) is 12.3. The molecule has 1 aromatic heterocycles. The molecule has 0 atom stereocenters. The molecule has 0 spiro atoms. The zero-order valence-corrected chi connectivity index (χ0v) is 16.0. The summed E-state index contributed by atoms with van der Waals surface area (Å²) in [5, 5.41) is 4.31. The van der Waals surface area contributed by atoms with Gasteiger partial charge in [-0.15, -0.1) is 11.3 Å². The average Bonchev–Trinajstić information content (AvgIpc) is 3.08. The van der Waals surface area contributed by atoms with Crippen LogP contribution in [-0.2, 0) is 4.74 Å². The number of hydrogen-bond acceptors (Lipinski definition) is 4. The molecule has 1 aliphatic heterocycles. The molecule has 3 rings (SSSR count). The first-order valence-corrected chi connectivity index (χ1v) is 9.66. The Morgan fingerprint density at radius 2 is 1.92 bits per heavy atom. The molecule has 4 nitrogen and oxygen atoms in total. The minimum Gasteiger partial charge on any atom is -0.378 e. The number of rotatable bonds is 5. The van der Waals surface area contributed by atoms with E-state index in [0.717, 1.165) is 53.7 Å². The Hall–Kier alpha value is -1.85. The van der Waals surface area contributed by atoms with Gasteiger partial charge >= 0.3 is 0 Å². The molecule has 25 heavy (non-hydrogen) atoms. The molecule has 134 valence electrons. The SMILES string of the molecule is CCC(C)(C)NC(=O)c1cc(-c2ccccc2)c(N2CCOCC2)s1. The van der Waals surface area contributed by atoms with Crippen molar-refractivity contribution in [1.29, 1.82) is 0 Å². The second-order valence-electron chi connectivity index (χ2n) is 6.99. The van der Waals surface area contributed by atoms with Crippen LogP contribution in [0.1, 0.15) is 36.9 Å². The van der Waals surface area contributed by atoms with Crippen LogP contribution < -0.4 is 10.2 Å². The van der Waals surface area contributed by atoms with Crippen molar-refractivity contribution in [2.75, 3.05) is 31.2 Å². The first kappa shape index (κ1) is 18.0. The Morgan fingerprint density at radius 1 is 1.24 bits per heavy atom. The third-order valence-electron chi connectivity index (χ3n) is 4.66. The van der Waals surface area contributed by atoms with Gasteiger partial charge in [0, 0.05) is 24.2 Å². The van der Waals surface area contributed by atoms with E-state index in [1.165, 1.54) is 0 Å². The molecule has 1 aliphatic rings. The van der Waals surface area contributed by atoms with Crippen LogP contribution in [0.15, 0.2) is 36.4 Å². The predicted molar refractivity (Wildman–Crippen MR) is 105 cm³/mol. The molecule has 1 fully saturated rings. The Bertz CT molecular complexity index is 719. The van der Waals surface area contributed by atoms with E-state index >= 15 is 0 Å². The third-order valence-corrected chi connectivity index (χ3v) is 5.85. The molecule has 1 N–H and O–H groups in total. The summed E-state index contributed by atoms with van der Waals surface area (Å²) in [5.41, 5.74) is 2.08. The monoisotopic (exact) mass is 358 g/mol. The molecule has 0 saturated carbocycles. The summed E-state index contributed by atoms with van der Waals surface area (Å²) in [5.74, 6) is 0.00791. The number of anilines is 1. The van der Waals surface area contributed by atoms with Gasteiger partial charge in [0.05, 0.1) is 23.1 Å². The molecule has 1 amide bonds. The maximum absolute atomic E-state index is 12.8. The number of nitrogens with zero attached hydrogens (tertiary/aromatic N) is 1. The van der Waals surface area contributed by atoms with Crippen molar-refractivity contribution in [2.45, 2.75) is 32.7 Å². The molecule has 0 bridgehead atoms. The second-order valence-corrected chi connectivity index (χ2v) is 8.02. The fourth-order valence-corrected chi connectivity index (χ4v) is 3.90. The number of thiophene rings is 1. The van der Waals surface area contributed by atoms with E-state index in [0.29, 0.717) is 0 Å². The summed E-state index contributed by atoms with van der Waals surface area (Å²) in [4.78, 5) is 15.9. The van der Waals surface area contributed by atoms with Crippen LogP contribution in [0, 0.1) is 0 Å². The molecule has 5 heteroatoms. The van der Waals surface area contributed by atoms with Gasteiger partial charge in [-0.3, -0.25) is 4.79 Å². The van der Waals surface area contributed by atoms with Crippen LogP contribution in [0.25, 0.3) is 11.1 Å². The minimum absolute atomic E-state index is 0.00791. The molecule has 0 aliphatic carbocycles. The topological polar surface area (TPSA) is 41.6 Å². The number of carbonyl (C=O) groups is 1. The van der Waals surface area contributed by atoms with Crippen LogP contribution in [0.3, 0.4) is 0 Å². The van der Waals surface area contributed by atoms with E-state index in [1.807, 2.05) is 24.3 Å². The molecule has 2 aromatic rings. The quantitative estimate of drug-likeness (QED) is 0.872. The number of hydrogen-bond donors (Lipinski definition) is 1. The zero-order valence-electron chi connectivity index (χ0n) is 15.2. The van der Waals surface area contributed by atoms with E-state index in [1.54, 1.807) is 11.3 Å². The van der Waals surface area contributed by atoms with Gasteiger partial charge in [0.25, 0.3) is 5.91 Å². The highest BCUT2D eigenvalue weighted by molar-refractivity contribution is 7.18. The highest BCUT2D eigenvalue weighted by Gasteiger charge is 2.24. The van der Waals surface area contributed by atoms with Gasteiger partial charge in [0.15, 0.2) is 0 Å². The second kappa shape index (κ2) is 7.58. The fraction of sp³-hybridized carbons (Fsp3) is 0.450. The Morgan fingerprint density at radius 3 is 2.56 bits per heavy atom. The summed E-state index contributed by atoms with van der Waals surface area (Å²) in [7, 11) is 0. The van der Waals surface area contributed by atoms with Crippen LogP contribution in [-0.4, -0.2) is 37.7 Å². The predicted octanol–water partition coefficient (Wildman–Crippen LogP) is 4.17. The number of morpholine rings is 1. The molecule has 1 aromatic carbocycles. The largest absolute Gasteiger partial charge is 0.378 e. The van der Waals surface area contributed by atoms with Gasteiger partial charge < -0.3 is 15.0 Å². The highest BCUT2D eigenvalue weighted by atomic mass is 32.1. The molecule has 0 radical (unpaired) electrons. The lowest BCUT2D eigenvalue weighted by molar-refractivity contribution is 0.0915. The van der Waals surface area contributed by atoms with E-state index in [4.69, 9.17) is 4.74 Å². The number of carbonyl (C=O) groups excluding carboxylic acids is 1. The van der Waals surface area contributed by atoms with Crippen molar-refractivity contribution in [2.24, 2.45) is 0 Å². The van der Waals surface area contributed by atoms with Gasteiger partial charge in [-0.25, -0.2) is 0 Å². The smallest absolute Gasteiger partial charge is 0.261 e. The molecular weight excluding hydrogens is 332 g/mol. The Kier molecular flexibility index (Phi) is 5.45. The first-order valence-electron chi connectivity index (χ1n) is 8.84. The normalized spacial score (nSPS) is 15.2. The van der Waals surface area contributed by atoms with Crippen LogP contribution >= 0.6 is 11.3 Å². The zero-order chi connectivity index (χ0) is 17.9. The third kappa shape index (κ3) is 4.22. The number of ether oxygens (including phenoxy) is 1. The average molecular weight is 359 g/mol. The van der Waals surface area contributed by atoms with Gasteiger partial charge in [-0.05, 0) is 31.9 Å². The fourth-order valence-electron chi connectivity index (χ4n) is 2.78. The maximum Gasteiger partial charge on any atom is 0.261 e. The number of amides is 1. The highest BCUT2D eigenvalue weighted by Crippen LogP contribution is 2.39. The molecule has 0 unspecified atom stereocenters. The summed E-state index contributed by atoms with van der Waals surface area (Å²) < 4.78 is 5.49. The number of nitrogens with one attached hydrogen (secondary N) is 1. The van der Waals surface area contributed by atoms with Gasteiger partial charge in [0.2, 0.25) is 0 Å². The Balaban J connectivity index is 1.95. The van der Waals surface area contributed by atoms with Crippen molar-refractivity contribution >= 4 is 22.2 Å². The molecular formula is C20H26N2O2S. The van der Waals surface area contributed by atoms with Gasteiger partial charge in [0.1, 0.15) is 0 Å². The van der Waals surface area contributed by atoms with E-state index in [2.05, 4.69) is 43.1 Å². The lowest BCUT2D eigenvalue weighted by Gasteiger charge is -2.28. The van der Waals surface area contributed by atoms with E-state index < -0.39 is 0 Å².